The Balaban J connectivity index is 2.24. The fraction of sp³-hybridized carbons (Fsp3) is 0.500. The van der Waals surface area contributed by atoms with Crippen LogP contribution in [0.4, 0.5) is 0 Å². The Bertz CT molecular complexity index is 316. The third-order valence-corrected chi connectivity index (χ3v) is 3.23. The molecule has 1 saturated heterocycles. The van der Waals surface area contributed by atoms with E-state index in [2.05, 4.69) is 24.4 Å². The van der Waals surface area contributed by atoms with Crippen molar-refractivity contribution in [3.8, 4) is 0 Å². The van der Waals surface area contributed by atoms with E-state index < -0.39 is 0 Å². The van der Waals surface area contributed by atoms with Crippen molar-refractivity contribution in [3.63, 3.8) is 0 Å². The normalized spacial score (nSPS) is 22.3. The van der Waals surface area contributed by atoms with Gasteiger partial charge in [-0.1, -0.05) is 29.3 Å². The molecule has 0 aromatic heterocycles. The van der Waals surface area contributed by atoms with Gasteiger partial charge in [0.2, 0.25) is 0 Å². The van der Waals surface area contributed by atoms with E-state index in [9.17, 15) is 0 Å². The van der Waals surface area contributed by atoms with Crippen LogP contribution < -0.4 is 5.32 Å². The molecule has 1 nitrogen and oxygen atoms in total. The van der Waals surface area contributed by atoms with Gasteiger partial charge in [-0.25, -0.2) is 0 Å². The summed E-state index contributed by atoms with van der Waals surface area (Å²) in [5, 5.41) is 4.34. The van der Waals surface area contributed by atoms with Gasteiger partial charge in [0.05, 0.1) is 0 Å². The fourth-order valence-corrected chi connectivity index (χ4v) is 2.37. The van der Waals surface area contributed by atoms with Crippen LogP contribution in [0.15, 0.2) is 18.2 Å². The van der Waals surface area contributed by atoms with Crippen molar-refractivity contribution in [3.05, 3.63) is 34.3 Å². The summed E-state index contributed by atoms with van der Waals surface area (Å²) in [6.07, 6.45) is 2.52. The van der Waals surface area contributed by atoms with Crippen molar-refractivity contribution in [1.29, 1.82) is 0 Å². The highest BCUT2D eigenvalue weighted by Gasteiger charge is 2.17. The third-order valence-electron chi connectivity index (χ3n) is 2.89. The lowest BCUT2D eigenvalue weighted by molar-refractivity contribution is 0.461. The molecule has 0 saturated carbocycles. The number of nitrogens with one attached hydrogen (secondary N) is 1. The summed E-state index contributed by atoms with van der Waals surface area (Å²) in [7, 11) is 0. The smallest absolute Gasteiger partial charge is 0.0441 e. The molecule has 0 unspecified atom stereocenters. The predicted octanol–water partition coefficient (Wildman–Crippen LogP) is 3.12. The fourth-order valence-electron chi connectivity index (χ4n) is 2.09. The maximum absolute atomic E-state index is 6.20. The van der Waals surface area contributed by atoms with Gasteiger partial charge in [-0.2, -0.15) is 0 Å². The predicted molar refractivity (Wildman–Crippen MR) is 61.0 cm³/mol. The molecule has 0 spiro atoms. The number of benzene rings is 1. The van der Waals surface area contributed by atoms with Gasteiger partial charge in [-0.15, -0.1) is 0 Å². The average Bonchev–Trinajstić information content (AvgIpc) is 2.23. The lowest BCUT2D eigenvalue weighted by atomic mass is 9.91. The van der Waals surface area contributed by atoms with E-state index in [1.165, 1.54) is 24.0 Å². The minimum atomic E-state index is 0.608. The van der Waals surface area contributed by atoms with E-state index in [-0.39, 0.29) is 0 Å². The van der Waals surface area contributed by atoms with Gasteiger partial charge in [-0.05, 0) is 43.9 Å². The molecule has 0 amide bonds. The van der Waals surface area contributed by atoms with Crippen LogP contribution in [-0.2, 0) is 0 Å². The second-order valence-electron chi connectivity index (χ2n) is 4.07. The summed E-state index contributed by atoms with van der Waals surface area (Å²) in [6.45, 7) is 4.35. The topological polar surface area (TPSA) is 12.0 Å². The standard InChI is InChI=1S/C12H16ClN/c1-9-4-5-12(13)11(7-9)10-3-2-6-14-8-10/h4-5,7,10,14H,2-3,6,8H2,1H3/t10-/m1/s1. The van der Waals surface area contributed by atoms with Gasteiger partial charge in [0, 0.05) is 11.6 Å². The number of rotatable bonds is 1. The monoisotopic (exact) mass is 209 g/mol. The van der Waals surface area contributed by atoms with Crippen molar-refractivity contribution >= 4 is 11.6 Å². The molecule has 76 valence electrons. The number of hydrogen-bond acceptors (Lipinski definition) is 1. The molecule has 1 heterocycles. The number of halogens is 1. The maximum Gasteiger partial charge on any atom is 0.0441 e. The second kappa shape index (κ2) is 4.33. The van der Waals surface area contributed by atoms with Gasteiger partial charge in [0.1, 0.15) is 0 Å². The summed E-state index contributed by atoms with van der Waals surface area (Å²) in [5.74, 6) is 0.608. The van der Waals surface area contributed by atoms with Crippen molar-refractivity contribution < 1.29 is 0 Å². The number of aryl methyl sites for hydroxylation is 1. The van der Waals surface area contributed by atoms with Crippen LogP contribution in [0, 0.1) is 6.92 Å². The molecule has 0 bridgehead atoms. The summed E-state index contributed by atoms with van der Waals surface area (Å²) >= 11 is 6.20. The molecule has 1 aromatic carbocycles. The average molecular weight is 210 g/mol. The Morgan fingerprint density at radius 3 is 3.00 bits per heavy atom. The Hall–Kier alpha value is -0.530. The van der Waals surface area contributed by atoms with Crippen LogP contribution in [0.1, 0.15) is 29.9 Å². The van der Waals surface area contributed by atoms with Crippen LogP contribution in [0.3, 0.4) is 0 Å². The largest absolute Gasteiger partial charge is 0.316 e. The lowest BCUT2D eigenvalue weighted by Crippen LogP contribution is -2.28. The van der Waals surface area contributed by atoms with Crippen molar-refractivity contribution in [2.24, 2.45) is 0 Å². The zero-order valence-electron chi connectivity index (χ0n) is 8.52. The molecule has 14 heavy (non-hydrogen) atoms. The van der Waals surface area contributed by atoms with E-state index >= 15 is 0 Å². The van der Waals surface area contributed by atoms with Crippen LogP contribution in [-0.4, -0.2) is 13.1 Å². The van der Waals surface area contributed by atoms with Crippen LogP contribution in [0.2, 0.25) is 5.02 Å². The first-order valence-corrected chi connectivity index (χ1v) is 5.62. The molecule has 1 fully saturated rings. The van der Waals surface area contributed by atoms with Crippen LogP contribution in [0.5, 0.6) is 0 Å². The Morgan fingerprint density at radius 2 is 2.29 bits per heavy atom. The molecule has 1 N–H and O–H groups in total. The maximum atomic E-state index is 6.20. The van der Waals surface area contributed by atoms with E-state index in [0.717, 1.165) is 18.1 Å². The zero-order valence-corrected chi connectivity index (χ0v) is 9.27. The zero-order chi connectivity index (χ0) is 9.97. The number of piperidine rings is 1. The van der Waals surface area contributed by atoms with E-state index in [4.69, 9.17) is 11.6 Å². The molecule has 1 atom stereocenters. The SMILES string of the molecule is Cc1ccc(Cl)c([C@@H]2CCCNC2)c1. The quantitative estimate of drug-likeness (QED) is 0.750. The van der Waals surface area contributed by atoms with Crippen LogP contribution >= 0.6 is 11.6 Å². The summed E-state index contributed by atoms with van der Waals surface area (Å²) in [5.41, 5.74) is 2.62. The molecular weight excluding hydrogens is 194 g/mol. The second-order valence-corrected chi connectivity index (χ2v) is 4.48. The molecule has 2 rings (SSSR count). The molecular formula is C12H16ClN. The summed E-state index contributed by atoms with van der Waals surface area (Å²) in [6, 6.07) is 6.31. The first kappa shape index (κ1) is 10.0. The highest BCUT2D eigenvalue weighted by molar-refractivity contribution is 6.31. The Kier molecular flexibility index (Phi) is 3.09. The Labute approximate surface area is 90.5 Å². The Morgan fingerprint density at radius 1 is 1.43 bits per heavy atom. The molecule has 1 aliphatic rings. The first-order valence-electron chi connectivity index (χ1n) is 5.24. The third kappa shape index (κ3) is 2.10. The van der Waals surface area contributed by atoms with Gasteiger partial charge >= 0.3 is 0 Å². The molecule has 0 radical (unpaired) electrons. The van der Waals surface area contributed by atoms with Gasteiger partial charge in [0.25, 0.3) is 0 Å². The molecule has 0 aliphatic carbocycles. The van der Waals surface area contributed by atoms with Crippen molar-refractivity contribution in [1.82, 2.24) is 5.32 Å². The van der Waals surface area contributed by atoms with E-state index in [1.54, 1.807) is 0 Å². The lowest BCUT2D eigenvalue weighted by Gasteiger charge is -2.24. The minimum absolute atomic E-state index is 0.608. The molecule has 1 aliphatic heterocycles. The first-order chi connectivity index (χ1) is 6.77. The van der Waals surface area contributed by atoms with Gasteiger partial charge < -0.3 is 5.32 Å². The van der Waals surface area contributed by atoms with Gasteiger partial charge in [-0.3, -0.25) is 0 Å². The molecule has 2 heteroatoms. The van der Waals surface area contributed by atoms with E-state index in [1.807, 2.05) is 6.07 Å². The summed E-state index contributed by atoms with van der Waals surface area (Å²) in [4.78, 5) is 0. The van der Waals surface area contributed by atoms with Crippen molar-refractivity contribution in [2.45, 2.75) is 25.7 Å². The summed E-state index contributed by atoms with van der Waals surface area (Å²) < 4.78 is 0. The number of hydrogen-bond donors (Lipinski definition) is 1. The van der Waals surface area contributed by atoms with Crippen LogP contribution in [0.25, 0.3) is 0 Å². The van der Waals surface area contributed by atoms with Gasteiger partial charge in [0.15, 0.2) is 0 Å². The highest BCUT2D eigenvalue weighted by Crippen LogP contribution is 2.29. The van der Waals surface area contributed by atoms with E-state index in [0.29, 0.717) is 5.92 Å². The minimum Gasteiger partial charge on any atom is -0.316 e. The highest BCUT2D eigenvalue weighted by atomic mass is 35.5. The molecule has 1 aromatic rings. The van der Waals surface area contributed by atoms with Crippen molar-refractivity contribution in [2.75, 3.05) is 13.1 Å².